The summed E-state index contributed by atoms with van der Waals surface area (Å²) in [5, 5.41) is 0. The molecule has 0 heterocycles. The number of hydrogen-bond acceptors (Lipinski definition) is 1. The maximum absolute atomic E-state index is 12.9. The zero-order chi connectivity index (χ0) is 13.4. The molecule has 0 aliphatic carbocycles. The number of alkyl halides is 7. The highest BCUT2D eigenvalue weighted by atomic mass is 19.4. The molecule has 0 aromatic heterocycles. The van der Waals surface area contributed by atoms with Crippen LogP contribution in [0.25, 0.3) is 0 Å². The lowest BCUT2D eigenvalue weighted by molar-refractivity contribution is -0.360. The van der Waals surface area contributed by atoms with Crippen molar-refractivity contribution >= 4 is 0 Å². The highest BCUT2D eigenvalue weighted by Gasteiger charge is 2.75. The fraction of sp³-hybridized carbons (Fsp3) is 1.00. The second kappa shape index (κ2) is 4.38. The first-order valence-electron chi connectivity index (χ1n) is 4.47. The molecular weight excluding hydrogens is 243 g/mol. The van der Waals surface area contributed by atoms with E-state index >= 15 is 0 Å². The van der Waals surface area contributed by atoms with Gasteiger partial charge in [-0.05, 0) is 5.92 Å². The van der Waals surface area contributed by atoms with Gasteiger partial charge in [0.1, 0.15) is 0 Å². The highest BCUT2D eigenvalue weighted by Crippen LogP contribution is 2.48. The van der Waals surface area contributed by atoms with Gasteiger partial charge in [0, 0.05) is 0 Å². The van der Waals surface area contributed by atoms with E-state index in [-0.39, 0.29) is 6.42 Å². The van der Waals surface area contributed by atoms with Crippen LogP contribution < -0.4 is 5.73 Å². The smallest absolute Gasteiger partial charge is 0.322 e. The van der Waals surface area contributed by atoms with Crippen molar-refractivity contribution < 1.29 is 30.7 Å². The molecule has 0 rings (SSSR count). The Kier molecular flexibility index (Phi) is 4.24. The Bertz CT molecular complexity index is 235. The van der Waals surface area contributed by atoms with Crippen LogP contribution in [0.4, 0.5) is 30.7 Å². The lowest BCUT2D eigenvalue weighted by Crippen LogP contribution is -2.62. The molecule has 0 aliphatic heterocycles. The Labute approximate surface area is 87.8 Å². The van der Waals surface area contributed by atoms with Crippen LogP contribution in [0, 0.1) is 5.92 Å². The van der Waals surface area contributed by atoms with Gasteiger partial charge in [-0.25, -0.2) is 0 Å². The third kappa shape index (κ3) is 2.41. The van der Waals surface area contributed by atoms with E-state index in [1.807, 2.05) is 0 Å². The molecule has 8 heteroatoms. The van der Waals surface area contributed by atoms with Gasteiger partial charge in [-0.3, -0.25) is 0 Å². The summed E-state index contributed by atoms with van der Waals surface area (Å²) in [6, 6.07) is -2.55. The van der Waals surface area contributed by atoms with Crippen LogP contribution in [-0.2, 0) is 0 Å². The predicted molar refractivity (Wildman–Crippen MR) is 43.4 cm³/mol. The summed E-state index contributed by atoms with van der Waals surface area (Å²) < 4.78 is 86.2. The minimum atomic E-state index is -6.32. The van der Waals surface area contributed by atoms with Crippen molar-refractivity contribution in [1.29, 1.82) is 0 Å². The zero-order valence-electron chi connectivity index (χ0n) is 8.58. The molecule has 0 fully saturated rings. The maximum Gasteiger partial charge on any atom is 0.459 e. The maximum atomic E-state index is 12.9. The zero-order valence-corrected chi connectivity index (χ0v) is 8.58. The quantitative estimate of drug-likeness (QED) is 0.767. The van der Waals surface area contributed by atoms with Gasteiger partial charge in [-0.1, -0.05) is 20.3 Å². The Morgan fingerprint density at radius 3 is 1.62 bits per heavy atom. The van der Waals surface area contributed by atoms with Gasteiger partial charge in [0.05, 0.1) is 6.04 Å². The standard InChI is InChI=1S/C8H12F7N/c1-3-4(2)5(16)6(9,10)7(11,12)8(13,14)15/h4-5H,3,16H2,1-2H3/t4?,5-/m1/s1. The molecule has 0 bridgehead atoms. The summed E-state index contributed by atoms with van der Waals surface area (Å²) in [5.41, 5.74) is 4.76. The van der Waals surface area contributed by atoms with Crippen LogP contribution in [0.1, 0.15) is 20.3 Å². The molecule has 2 N–H and O–H groups in total. The van der Waals surface area contributed by atoms with Crippen molar-refractivity contribution in [1.82, 2.24) is 0 Å². The number of rotatable bonds is 4. The molecule has 0 saturated carbocycles. The molecule has 0 amide bonds. The van der Waals surface area contributed by atoms with Gasteiger partial charge >= 0.3 is 18.0 Å². The normalized spacial score (nSPS) is 18.4. The van der Waals surface area contributed by atoms with E-state index in [2.05, 4.69) is 0 Å². The number of hydrogen-bond donors (Lipinski definition) is 1. The first kappa shape index (κ1) is 15.5. The fourth-order valence-corrected chi connectivity index (χ4v) is 1.01. The van der Waals surface area contributed by atoms with Gasteiger partial charge in [0.15, 0.2) is 0 Å². The van der Waals surface area contributed by atoms with Crippen molar-refractivity contribution in [2.45, 2.75) is 44.3 Å². The summed E-state index contributed by atoms with van der Waals surface area (Å²) in [6.07, 6.45) is -6.34. The summed E-state index contributed by atoms with van der Waals surface area (Å²) in [5.74, 6) is -12.6. The van der Waals surface area contributed by atoms with Gasteiger partial charge in [0.25, 0.3) is 0 Å². The average molecular weight is 255 g/mol. The molecule has 0 radical (unpaired) electrons. The van der Waals surface area contributed by atoms with E-state index in [0.717, 1.165) is 6.92 Å². The van der Waals surface area contributed by atoms with E-state index in [9.17, 15) is 30.7 Å². The molecule has 0 aliphatic rings. The van der Waals surface area contributed by atoms with Crippen LogP contribution in [0.5, 0.6) is 0 Å². The third-order valence-electron chi connectivity index (χ3n) is 2.45. The Morgan fingerprint density at radius 1 is 1.00 bits per heavy atom. The molecule has 0 aromatic carbocycles. The van der Waals surface area contributed by atoms with Gasteiger partial charge < -0.3 is 5.73 Å². The van der Waals surface area contributed by atoms with E-state index < -0.39 is 30.0 Å². The molecule has 2 atom stereocenters. The SMILES string of the molecule is CCC(C)[C@@H](N)C(F)(F)C(F)(F)C(F)(F)F. The van der Waals surface area contributed by atoms with Crippen molar-refractivity contribution in [2.75, 3.05) is 0 Å². The average Bonchev–Trinajstić information content (AvgIpc) is 2.13. The fourth-order valence-electron chi connectivity index (χ4n) is 1.01. The number of halogens is 7. The van der Waals surface area contributed by atoms with Gasteiger partial charge in [-0.2, -0.15) is 30.7 Å². The molecule has 0 spiro atoms. The topological polar surface area (TPSA) is 26.0 Å². The Hall–Kier alpha value is -0.530. The predicted octanol–water partition coefficient (Wildman–Crippen LogP) is 3.19. The summed E-state index contributed by atoms with van der Waals surface area (Å²) in [7, 11) is 0. The lowest BCUT2D eigenvalue weighted by atomic mass is 9.91. The minimum absolute atomic E-state index is 0.0231. The summed E-state index contributed by atoms with van der Waals surface area (Å²) in [4.78, 5) is 0. The Balaban J connectivity index is 5.19. The van der Waals surface area contributed by atoms with Crippen molar-refractivity contribution in [2.24, 2.45) is 11.7 Å². The summed E-state index contributed by atoms with van der Waals surface area (Å²) in [6.45, 7) is 2.46. The van der Waals surface area contributed by atoms with Crippen molar-refractivity contribution in [3.63, 3.8) is 0 Å². The van der Waals surface area contributed by atoms with E-state index in [1.165, 1.54) is 6.92 Å². The lowest BCUT2D eigenvalue weighted by Gasteiger charge is -2.34. The van der Waals surface area contributed by atoms with Crippen molar-refractivity contribution in [3.05, 3.63) is 0 Å². The largest absolute Gasteiger partial charge is 0.459 e. The Morgan fingerprint density at radius 2 is 1.38 bits per heavy atom. The van der Waals surface area contributed by atoms with E-state index in [4.69, 9.17) is 5.73 Å². The van der Waals surface area contributed by atoms with Crippen LogP contribution in [0.2, 0.25) is 0 Å². The molecule has 1 nitrogen and oxygen atoms in total. The number of nitrogens with two attached hydrogens (primary N) is 1. The molecule has 0 aromatic rings. The first-order chi connectivity index (χ1) is 6.89. The molecule has 1 unspecified atom stereocenters. The monoisotopic (exact) mass is 255 g/mol. The van der Waals surface area contributed by atoms with Crippen molar-refractivity contribution in [3.8, 4) is 0 Å². The van der Waals surface area contributed by atoms with E-state index in [1.54, 1.807) is 0 Å². The van der Waals surface area contributed by atoms with E-state index in [0.29, 0.717) is 0 Å². The minimum Gasteiger partial charge on any atom is -0.322 e. The van der Waals surface area contributed by atoms with Crippen LogP contribution in [-0.4, -0.2) is 24.1 Å². The molecule has 16 heavy (non-hydrogen) atoms. The molecular formula is C8H12F7N. The summed E-state index contributed by atoms with van der Waals surface area (Å²) >= 11 is 0. The van der Waals surface area contributed by atoms with Crippen LogP contribution >= 0.6 is 0 Å². The van der Waals surface area contributed by atoms with Crippen LogP contribution in [0.3, 0.4) is 0 Å². The second-order valence-electron chi connectivity index (χ2n) is 3.61. The van der Waals surface area contributed by atoms with Crippen LogP contribution in [0.15, 0.2) is 0 Å². The molecule has 0 saturated heterocycles. The third-order valence-corrected chi connectivity index (χ3v) is 2.45. The van der Waals surface area contributed by atoms with Gasteiger partial charge in [-0.15, -0.1) is 0 Å². The molecule has 98 valence electrons. The second-order valence-corrected chi connectivity index (χ2v) is 3.61. The first-order valence-corrected chi connectivity index (χ1v) is 4.47. The highest BCUT2D eigenvalue weighted by molar-refractivity contribution is 4.99. The van der Waals surface area contributed by atoms with Gasteiger partial charge in [0.2, 0.25) is 0 Å².